The molecule has 1 heterocycles. The van der Waals surface area contributed by atoms with Crippen molar-refractivity contribution in [1.82, 2.24) is 0 Å². The van der Waals surface area contributed by atoms with Gasteiger partial charge in [0.1, 0.15) is 0 Å². The fraction of sp³-hybridized carbons (Fsp3) is 0.667. The van der Waals surface area contributed by atoms with Crippen molar-refractivity contribution in [2.45, 2.75) is 58.1 Å². The first kappa shape index (κ1) is 16.3. The molecule has 3 nitrogen and oxygen atoms in total. The van der Waals surface area contributed by atoms with Crippen LogP contribution in [0.2, 0.25) is 0 Å². The lowest BCUT2D eigenvalue weighted by atomic mass is 9.77. The van der Waals surface area contributed by atoms with Crippen molar-refractivity contribution in [2.24, 2.45) is 5.73 Å². The van der Waals surface area contributed by atoms with Gasteiger partial charge in [0.25, 0.3) is 0 Å². The lowest BCUT2D eigenvalue weighted by Crippen LogP contribution is -2.61. The van der Waals surface area contributed by atoms with E-state index in [-0.39, 0.29) is 11.1 Å². The van der Waals surface area contributed by atoms with Crippen LogP contribution in [-0.4, -0.2) is 30.8 Å². The van der Waals surface area contributed by atoms with E-state index in [9.17, 15) is 0 Å². The second-order valence-electron chi connectivity index (χ2n) is 6.59. The molecule has 0 bridgehead atoms. The highest BCUT2D eigenvalue weighted by molar-refractivity contribution is 5.51. The summed E-state index contributed by atoms with van der Waals surface area (Å²) in [5, 5.41) is 0. The minimum Gasteiger partial charge on any atom is -0.375 e. The van der Waals surface area contributed by atoms with Crippen LogP contribution in [0.15, 0.2) is 24.3 Å². The van der Waals surface area contributed by atoms with Crippen LogP contribution < -0.4 is 10.6 Å². The fourth-order valence-electron chi connectivity index (χ4n) is 3.65. The number of hydrogen-bond donors (Lipinski definition) is 1. The molecule has 118 valence electrons. The quantitative estimate of drug-likeness (QED) is 0.902. The number of rotatable bonds is 5. The number of ether oxygens (including phenoxy) is 1. The predicted octanol–water partition coefficient (Wildman–Crippen LogP) is 3.50. The highest BCUT2D eigenvalue weighted by Crippen LogP contribution is 2.40. The zero-order chi connectivity index (χ0) is 15.5. The summed E-state index contributed by atoms with van der Waals surface area (Å²) in [6.07, 6.45) is 3.02. The smallest absolute Gasteiger partial charge is 0.0674 e. The van der Waals surface area contributed by atoms with Crippen molar-refractivity contribution < 1.29 is 4.74 Å². The van der Waals surface area contributed by atoms with Crippen LogP contribution in [0.1, 0.15) is 45.6 Å². The molecule has 2 N–H and O–H groups in total. The van der Waals surface area contributed by atoms with Crippen LogP contribution in [-0.2, 0) is 4.74 Å². The normalized spacial score (nSPS) is 29.4. The number of aryl methyl sites for hydroxylation is 1. The number of benzene rings is 1. The predicted molar refractivity (Wildman–Crippen MR) is 89.9 cm³/mol. The summed E-state index contributed by atoms with van der Waals surface area (Å²) in [4.78, 5) is 2.50. The van der Waals surface area contributed by atoms with Gasteiger partial charge in [-0.1, -0.05) is 19.1 Å². The van der Waals surface area contributed by atoms with E-state index >= 15 is 0 Å². The summed E-state index contributed by atoms with van der Waals surface area (Å²) in [6, 6.07) is 8.74. The first-order valence-electron chi connectivity index (χ1n) is 8.17. The highest BCUT2D eigenvalue weighted by atomic mass is 16.5. The zero-order valence-electron chi connectivity index (χ0n) is 14.0. The average Bonchev–Trinajstić information content (AvgIpc) is 2.48. The van der Waals surface area contributed by atoms with E-state index in [2.05, 4.69) is 56.9 Å². The minimum atomic E-state index is -0.0606. The molecule has 3 heteroatoms. The van der Waals surface area contributed by atoms with Gasteiger partial charge in [-0.2, -0.15) is 0 Å². The molecule has 21 heavy (non-hydrogen) atoms. The Kier molecular flexibility index (Phi) is 4.95. The summed E-state index contributed by atoms with van der Waals surface area (Å²) < 4.78 is 6.04. The van der Waals surface area contributed by atoms with Crippen molar-refractivity contribution in [2.75, 3.05) is 24.6 Å². The number of nitrogens with two attached hydrogens (primary N) is 1. The Morgan fingerprint density at radius 2 is 2.10 bits per heavy atom. The molecule has 1 aromatic carbocycles. The molecule has 2 rings (SSSR count). The Labute approximate surface area is 129 Å². The molecule has 1 fully saturated rings. The van der Waals surface area contributed by atoms with Gasteiger partial charge < -0.3 is 15.4 Å². The summed E-state index contributed by atoms with van der Waals surface area (Å²) in [7, 11) is 0. The Morgan fingerprint density at radius 3 is 2.67 bits per heavy atom. The molecule has 0 aliphatic carbocycles. The van der Waals surface area contributed by atoms with Crippen LogP contribution in [0.5, 0.6) is 0 Å². The van der Waals surface area contributed by atoms with Crippen molar-refractivity contribution in [3.63, 3.8) is 0 Å². The van der Waals surface area contributed by atoms with Crippen LogP contribution in [0, 0.1) is 6.92 Å². The van der Waals surface area contributed by atoms with Crippen molar-refractivity contribution in [3.05, 3.63) is 29.8 Å². The van der Waals surface area contributed by atoms with E-state index in [4.69, 9.17) is 10.5 Å². The standard InChI is InChI=1S/C18H30N2O/c1-5-17(4)13-18(14-19,10-11-21-17)20(6-2)16-9-7-8-15(3)12-16/h7-9,12H,5-6,10-11,13-14,19H2,1-4H3. The lowest BCUT2D eigenvalue weighted by molar-refractivity contribution is -0.0934. The second-order valence-corrected chi connectivity index (χ2v) is 6.59. The number of anilines is 1. The fourth-order valence-corrected chi connectivity index (χ4v) is 3.65. The summed E-state index contributed by atoms with van der Waals surface area (Å²) in [6.45, 7) is 11.2. The third kappa shape index (κ3) is 3.24. The SMILES string of the molecule is CCN(c1cccc(C)c1)C1(CN)CCOC(C)(CC)C1. The first-order valence-corrected chi connectivity index (χ1v) is 8.17. The summed E-state index contributed by atoms with van der Waals surface area (Å²) >= 11 is 0. The third-order valence-corrected chi connectivity index (χ3v) is 5.05. The largest absolute Gasteiger partial charge is 0.375 e. The Balaban J connectivity index is 2.37. The summed E-state index contributed by atoms with van der Waals surface area (Å²) in [5.74, 6) is 0. The maximum absolute atomic E-state index is 6.27. The van der Waals surface area contributed by atoms with Gasteiger partial charge in [0.2, 0.25) is 0 Å². The minimum absolute atomic E-state index is 0.00551. The Bertz CT molecular complexity index is 476. The molecule has 2 unspecified atom stereocenters. The number of likely N-dealkylation sites (N-methyl/N-ethyl adjacent to an activating group) is 1. The molecule has 1 saturated heterocycles. The third-order valence-electron chi connectivity index (χ3n) is 5.05. The van der Waals surface area contributed by atoms with Gasteiger partial charge >= 0.3 is 0 Å². The molecular weight excluding hydrogens is 260 g/mol. The van der Waals surface area contributed by atoms with Crippen molar-refractivity contribution in [3.8, 4) is 0 Å². The van der Waals surface area contributed by atoms with Gasteiger partial charge in [0.05, 0.1) is 11.1 Å². The van der Waals surface area contributed by atoms with E-state index in [1.807, 2.05) is 0 Å². The number of hydrogen-bond acceptors (Lipinski definition) is 3. The van der Waals surface area contributed by atoms with Crippen LogP contribution in [0.25, 0.3) is 0 Å². The molecule has 2 atom stereocenters. The second kappa shape index (κ2) is 6.37. The van der Waals surface area contributed by atoms with Crippen molar-refractivity contribution >= 4 is 5.69 Å². The van der Waals surface area contributed by atoms with Gasteiger partial charge in [0.15, 0.2) is 0 Å². The van der Waals surface area contributed by atoms with E-state index in [0.717, 1.165) is 32.4 Å². The molecule has 1 aromatic rings. The van der Waals surface area contributed by atoms with Gasteiger partial charge in [0, 0.05) is 31.8 Å². The van der Waals surface area contributed by atoms with E-state index in [1.165, 1.54) is 11.3 Å². The van der Waals surface area contributed by atoms with Crippen LogP contribution in [0.3, 0.4) is 0 Å². The van der Waals surface area contributed by atoms with Crippen LogP contribution in [0.4, 0.5) is 5.69 Å². The molecule has 0 aromatic heterocycles. The molecule has 1 aliphatic rings. The van der Waals surface area contributed by atoms with Gasteiger partial charge in [-0.25, -0.2) is 0 Å². The van der Waals surface area contributed by atoms with Gasteiger partial charge in [-0.15, -0.1) is 0 Å². The molecule has 1 aliphatic heterocycles. The molecule has 0 radical (unpaired) electrons. The van der Waals surface area contributed by atoms with Gasteiger partial charge in [-0.3, -0.25) is 0 Å². The Morgan fingerprint density at radius 1 is 1.33 bits per heavy atom. The van der Waals surface area contributed by atoms with Crippen molar-refractivity contribution in [1.29, 1.82) is 0 Å². The zero-order valence-corrected chi connectivity index (χ0v) is 14.0. The van der Waals surface area contributed by atoms with E-state index in [1.54, 1.807) is 0 Å². The molecule has 0 saturated carbocycles. The van der Waals surface area contributed by atoms with Crippen LogP contribution >= 0.6 is 0 Å². The average molecular weight is 290 g/mol. The monoisotopic (exact) mass is 290 g/mol. The topological polar surface area (TPSA) is 38.5 Å². The van der Waals surface area contributed by atoms with Gasteiger partial charge in [-0.05, 0) is 51.3 Å². The van der Waals surface area contributed by atoms with E-state index in [0.29, 0.717) is 6.54 Å². The molecule has 0 spiro atoms. The number of nitrogens with zero attached hydrogens (tertiary/aromatic N) is 1. The first-order chi connectivity index (χ1) is 9.98. The maximum atomic E-state index is 6.27. The highest BCUT2D eigenvalue weighted by Gasteiger charge is 2.45. The Hall–Kier alpha value is -1.06. The summed E-state index contributed by atoms with van der Waals surface area (Å²) in [5.41, 5.74) is 8.79. The molecule has 0 amide bonds. The van der Waals surface area contributed by atoms with E-state index < -0.39 is 0 Å². The maximum Gasteiger partial charge on any atom is 0.0674 e. The lowest BCUT2D eigenvalue weighted by Gasteiger charge is -2.52. The molecular formula is C18H30N2O.